The van der Waals surface area contributed by atoms with Gasteiger partial charge in [-0.05, 0) is 0 Å². The molecule has 19 heavy (non-hydrogen) atoms. The number of carboxylic acids is 1. The SMILES string of the molecule is C=CCO/N=C/C1=C(C(=O)O)N2C(=O)[C@@H](N)[C@H]2SC1. The first-order valence-corrected chi connectivity index (χ1v) is 6.55. The highest BCUT2D eigenvalue weighted by Gasteiger charge is 2.51. The standard InChI is InChI=1S/C11H13N3O4S/c1-2-3-18-13-4-6-5-19-10-7(12)9(15)14(10)8(6)11(16)17/h2,4,7,10H,1,3,5,12H2,(H,16,17)/b13-4+/t7-,10-/m1/s1. The molecule has 2 heterocycles. The number of carbonyl (C=O) groups is 2. The first-order valence-electron chi connectivity index (χ1n) is 5.51. The molecule has 2 aliphatic rings. The summed E-state index contributed by atoms with van der Waals surface area (Å²) in [5.41, 5.74) is 5.99. The third-order valence-corrected chi connectivity index (χ3v) is 4.04. The lowest BCUT2D eigenvalue weighted by Crippen LogP contribution is -2.68. The number of aliphatic carboxylic acids is 1. The smallest absolute Gasteiger partial charge is 0.353 e. The van der Waals surface area contributed by atoms with Gasteiger partial charge in [0, 0.05) is 11.3 Å². The first-order chi connectivity index (χ1) is 9.07. The molecule has 7 nitrogen and oxygen atoms in total. The minimum Gasteiger partial charge on any atom is -0.477 e. The Balaban J connectivity index is 2.23. The van der Waals surface area contributed by atoms with E-state index in [0.29, 0.717) is 11.3 Å². The van der Waals surface area contributed by atoms with Crippen LogP contribution in [0.5, 0.6) is 0 Å². The number of hydrogen-bond acceptors (Lipinski definition) is 6. The van der Waals surface area contributed by atoms with Crippen molar-refractivity contribution in [3.05, 3.63) is 23.9 Å². The highest BCUT2D eigenvalue weighted by Crippen LogP contribution is 2.38. The van der Waals surface area contributed by atoms with Crippen LogP contribution < -0.4 is 5.73 Å². The van der Waals surface area contributed by atoms with E-state index in [-0.39, 0.29) is 23.6 Å². The van der Waals surface area contributed by atoms with Gasteiger partial charge in [0.2, 0.25) is 5.91 Å². The number of carbonyl (C=O) groups excluding carboxylic acids is 1. The maximum Gasteiger partial charge on any atom is 0.353 e. The van der Waals surface area contributed by atoms with Crippen molar-refractivity contribution in [1.29, 1.82) is 0 Å². The van der Waals surface area contributed by atoms with Crippen LogP contribution >= 0.6 is 11.8 Å². The van der Waals surface area contributed by atoms with Crippen molar-refractivity contribution in [1.82, 2.24) is 4.90 Å². The van der Waals surface area contributed by atoms with E-state index in [1.165, 1.54) is 29.0 Å². The predicted octanol–water partition coefficient (Wildman–Crippen LogP) is -0.244. The molecule has 8 heteroatoms. The number of hydrogen-bond donors (Lipinski definition) is 2. The molecule has 2 atom stereocenters. The molecule has 0 aromatic heterocycles. The van der Waals surface area contributed by atoms with Crippen LogP contribution in [0.25, 0.3) is 0 Å². The van der Waals surface area contributed by atoms with Gasteiger partial charge < -0.3 is 15.7 Å². The summed E-state index contributed by atoms with van der Waals surface area (Å²) in [4.78, 5) is 28.9. The van der Waals surface area contributed by atoms with Gasteiger partial charge in [0.25, 0.3) is 0 Å². The van der Waals surface area contributed by atoms with Crippen molar-refractivity contribution in [2.45, 2.75) is 11.4 Å². The molecule has 0 aromatic rings. The quantitative estimate of drug-likeness (QED) is 0.237. The molecular formula is C11H13N3O4S. The van der Waals surface area contributed by atoms with Gasteiger partial charge in [-0.2, -0.15) is 0 Å². The van der Waals surface area contributed by atoms with Gasteiger partial charge in [-0.3, -0.25) is 9.69 Å². The van der Waals surface area contributed by atoms with Crippen molar-refractivity contribution < 1.29 is 19.5 Å². The van der Waals surface area contributed by atoms with Crippen LogP contribution in [0.4, 0.5) is 0 Å². The molecule has 0 spiro atoms. The minimum absolute atomic E-state index is 0.0681. The van der Waals surface area contributed by atoms with Gasteiger partial charge in [0.15, 0.2) is 0 Å². The number of oxime groups is 1. The molecule has 1 saturated heterocycles. The second-order valence-corrected chi connectivity index (χ2v) is 5.04. The van der Waals surface area contributed by atoms with Gasteiger partial charge in [-0.15, -0.1) is 11.8 Å². The Kier molecular flexibility index (Phi) is 3.91. The van der Waals surface area contributed by atoms with Gasteiger partial charge >= 0.3 is 5.97 Å². The van der Waals surface area contributed by atoms with Crippen LogP contribution in [0, 0.1) is 0 Å². The van der Waals surface area contributed by atoms with E-state index >= 15 is 0 Å². The fourth-order valence-electron chi connectivity index (χ4n) is 1.84. The third-order valence-electron chi connectivity index (χ3n) is 2.72. The highest BCUT2D eigenvalue weighted by molar-refractivity contribution is 8.00. The first kappa shape index (κ1) is 13.6. The van der Waals surface area contributed by atoms with Crippen LogP contribution in [0.2, 0.25) is 0 Å². The summed E-state index contributed by atoms with van der Waals surface area (Å²) in [6.07, 6.45) is 2.83. The van der Waals surface area contributed by atoms with Crippen LogP contribution in [-0.4, -0.2) is 51.9 Å². The summed E-state index contributed by atoms with van der Waals surface area (Å²) in [5.74, 6) is -1.13. The Morgan fingerprint density at radius 1 is 1.74 bits per heavy atom. The Morgan fingerprint density at radius 2 is 2.47 bits per heavy atom. The predicted molar refractivity (Wildman–Crippen MR) is 70.4 cm³/mol. The number of β-lactam (4-membered cyclic amide) rings is 1. The van der Waals surface area contributed by atoms with E-state index in [2.05, 4.69) is 11.7 Å². The largest absolute Gasteiger partial charge is 0.477 e. The van der Waals surface area contributed by atoms with E-state index < -0.39 is 12.0 Å². The topological polar surface area (TPSA) is 105 Å². The van der Waals surface area contributed by atoms with Gasteiger partial charge in [0.1, 0.15) is 23.7 Å². The highest BCUT2D eigenvalue weighted by atomic mass is 32.2. The maximum absolute atomic E-state index is 11.6. The Hall–Kier alpha value is -1.80. The number of nitrogens with zero attached hydrogens (tertiary/aromatic N) is 2. The van der Waals surface area contributed by atoms with E-state index in [1.54, 1.807) is 0 Å². The molecule has 0 saturated carbocycles. The molecule has 0 bridgehead atoms. The molecule has 0 aromatic carbocycles. The number of fused-ring (bicyclic) bond motifs is 1. The molecule has 102 valence electrons. The van der Waals surface area contributed by atoms with Crippen LogP contribution in [0.3, 0.4) is 0 Å². The lowest BCUT2D eigenvalue weighted by Gasteiger charge is -2.47. The lowest BCUT2D eigenvalue weighted by atomic mass is 10.0. The normalized spacial score (nSPS) is 26.2. The summed E-state index contributed by atoms with van der Waals surface area (Å²) in [6.45, 7) is 3.69. The zero-order chi connectivity index (χ0) is 14.0. The fraction of sp³-hybridized carbons (Fsp3) is 0.364. The number of amides is 1. The van der Waals surface area contributed by atoms with Gasteiger partial charge in [-0.1, -0.05) is 17.8 Å². The zero-order valence-corrected chi connectivity index (χ0v) is 10.8. The zero-order valence-electron chi connectivity index (χ0n) is 9.98. The number of nitrogens with two attached hydrogens (primary N) is 1. The third kappa shape index (κ3) is 2.36. The molecule has 2 aliphatic heterocycles. The molecule has 1 fully saturated rings. The summed E-state index contributed by atoms with van der Waals surface area (Å²) in [7, 11) is 0. The van der Waals surface area contributed by atoms with Crippen molar-refractivity contribution in [2.24, 2.45) is 10.9 Å². The summed E-state index contributed by atoms with van der Waals surface area (Å²) in [5, 5.41) is 12.6. The molecule has 0 unspecified atom stereocenters. The molecule has 0 radical (unpaired) electrons. The number of carboxylic acid groups (broad SMARTS) is 1. The molecule has 0 aliphatic carbocycles. The second-order valence-electron chi connectivity index (χ2n) is 3.93. The molecule has 2 rings (SSSR count). The van der Waals surface area contributed by atoms with E-state index in [9.17, 15) is 14.7 Å². The molecular weight excluding hydrogens is 270 g/mol. The fourth-order valence-corrected chi connectivity index (χ4v) is 3.08. The van der Waals surface area contributed by atoms with E-state index in [0.717, 1.165) is 0 Å². The monoisotopic (exact) mass is 283 g/mol. The van der Waals surface area contributed by atoms with Crippen molar-refractivity contribution >= 4 is 29.9 Å². The van der Waals surface area contributed by atoms with E-state index in [4.69, 9.17) is 10.6 Å². The van der Waals surface area contributed by atoms with Crippen molar-refractivity contribution in [3.8, 4) is 0 Å². The Labute approximate surface area is 113 Å². The number of rotatable bonds is 5. The summed E-state index contributed by atoms with van der Waals surface area (Å²) >= 11 is 1.41. The summed E-state index contributed by atoms with van der Waals surface area (Å²) < 4.78 is 0. The molecule has 3 N–H and O–H groups in total. The molecule has 1 amide bonds. The van der Waals surface area contributed by atoms with Crippen molar-refractivity contribution in [3.63, 3.8) is 0 Å². The second kappa shape index (κ2) is 5.45. The van der Waals surface area contributed by atoms with Crippen molar-refractivity contribution in [2.75, 3.05) is 12.4 Å². The van der Waals surface area contributed by atoms with Crippen LogP contribution in [0.1, 0.15) is 0 Å². The average molecular weight is 283 g/mol. The lowest BCUT2D eigenvalue weighted by molar-refractivity contribution is -0.147. The summed E-state index contributed by atoms with van der Waals surface area (Å²) in [6, 6.07) is -0.630. The number of thioether (sulfide) groups is 1. The maximum atomic E-state index is 11.6. The van der Waals surface area contributed by atoms with Gasteiger partial charge in [-0.25, -0.2) is 4.79 Å². The average Bonchev–Trinajstić information content (AvgIpc) is 2.41. The Morgan fingerprint density at radius 3 is 3.11 bits per heavy atom. The van der Waals surface area contributed by atoms with E-state index in [1.807, 2.05) is 0 Å². The minimum atomic E-state index is -1.17. The van der Waals surface area contributed by atoms with Crippen LogP contribution in [-0.2, 0) is 14.4 Å². The van der Waals surface area contributed by atoms with Crippen LogP contribution in [0.15, 0.2) is 29.1 Å². The van der Waals surface area contributed by atoms with Gasteiger partial charge in [0.05, 0.1) is 6.21 Å². The Bertz CT molecular complexity index is 488.